The number of rotatable bonds is 2. The minimum absolute atomic E-state index is 0.0277. The van der Waals surface area contributed by atoms with Gasteiger partial charge in [0.1, 0.15) is 11.5 Å². The van der Waals surface area contributed by atoms with Gasteiger partial charge in [0.2, 0.25) is 0 Å². The average molecular weight is 323 g/mol. The summed E-state index contributed by atoms with van der Waals surface area (Å²) in [5.74, 6) is 0.965. The van der Waals surface area contributed by atoms with Crippen molar-refractivity contribution in [2.24, 2.45) is 4.99 Å². The zero-order chi connectivity index (χ0) is 15.7. The Labute approximate surface area is 136 Å². The number of nitrogens with zero attached hydrogens (tertiary/aromatic N) is 3. The number of amides is 1. The average Bonchev–Trinajstić information content (AvgIpc) is 2.68. The van der Waals surface area contributed by atoms with Crippen LogP contribution in [0.3, 0.4) is 0 Å². The van der Waals surface area contributed by atoms with Crippen LogP contribution in [0.2, 0.25) is 0 Å². The lowest BCUT2D eigenvalue weighted by Gasteiger charge is -2.26. The third kappa shape index (κ3) is 2.86. The molecule has 1 N–H and O–H groups in total. The number of halogens is 1. The molecule has 120 valence electrons. The number of fused-ring (bicyclic) bond motifs is 1. The largest absolute Gasteiger partial charge is 0.343 e. The van der Waals surface area contributed by atoms with E-state index in [0.29, 0.717) is 6.04 Å². The summed E-state index contributed by atoms with van der Waals surface area (Å²) in [4.78, 5) is 18.4. The Morgan fingerprint density at radius 1 is 1.32 bits per heavy atom. The highest BCUT2D eigenvalue weighted by atomic mass is 35.5. The smallest absolute Gasteiger partial charge is 0.270 e. The van der Waals surface area contributed by atoms with Crippen LogP contribution in [0.4, 0.5) is 5.82 Å². The van der Waals surface area contributed by atoms with Gasteiger partial charge in [-0.1, -0.05) is 37.3 Å². The molecule has 6 heteroatoms. The molecule has 1 unspecified atom stereocenters. The van der Waals surface area contributed by atoms with Crippen molar-refractivity contribution in [2.45, 2.75) is 50.2 Å². The van der Waals surface area contributed by atoms with Crippen LogP contribution in [-0.2, 0) is 0 Å². The molecule has 22 heavy (non-hydrogen) atoms. The first-order valence-electron chi connectivity index (χ1n) is 7.98. The number of hydrogen-bond acceptors (Lipinski definition) is 3. The van der Waals surface area contributed by atoms with E-state index in [1.54, 1.807) is 25.2 Å². The van der Waals surface area contributed by atoms with Gasteiger partial charge in [-0.3, -0.25) is 9.79 Å². The molecule has 1 amide bonds. The molecule has 2 aliphatic rings. The maximum atomic E-state index is 12.6. The van der Waals surface area contributed by atoms with Gasteiger partial charge in [0.15, 0.2) is 5.62 Å². The lowest BCUT2D eigenvalue weighted by molar-refractivity contribution is 0.0814. The molecule has 3 rings (SSSR count). The molecule has 0 aromatic carbocycles. The van der Waals surface area contributed by atoms with Gasteiger partial charge < -0.3 is 14.8 Å². The number of aromatic nitrogens is 1. The molecule has 1 aromatic heterocycles. The molecule has 2 heterocycles. The Balaban J connectivity index is 2.06. The molecule has 0 saturated heterocycles. The Morgan fingerprint density at radius 3 is 2.64 bits per heavy atom. The molecule has 0 radical (unpaired) electrons. The number of aliphatic imine (C=N–C) groups is 1. The highest BCUT2D eigenvalue weighted by Crippen LogP contribution is 2.35. The second kappa shape index (κ2) is 6.32. The lowest BCUT2D eigenvalue weighted by atomic mass is 10.1. The third-order valence-electron chi connectivity index (χ3n) is 4.48. The van der Waals surface area contributed by atoms with Crippen molar-refractivity contribution in [1.29, 1.82) is 0 Å². The highest BCUT2D eigenvalue weighted by molar-refractivity contribution is 6.22. The van der Waals surface area contributed by atoms with Crippen LogP contribution in [-0.4, -0.2) is 41.3 Å². The van der Waals surface area contributed by atoms with E-state index in [1.165, 1.54) is 25.7 Å². The van der Waals surface area contributed by atoms with E-state index in [2.05, 4.69) is 14.9 Å². The minimum atomic E-state index is -0.464. The topological polar surface area (TPSA) is 49.6 Å². The van der Waals surface area contributed by atoms with Gasteiger partial charge in [-0.05, 0) is 18.9 Å². The molecule has 1 fully saturated rings. The van der Waals surface area contributed by atoms with Crippen LogP contribution in [0.1, 0.15) is 60.6 Å². The Morgan fingerprint density at radius 2 is 2.00 bits per heavy atom. The zero-order valence-electron chi connectivity index (χ0n) is 13.2. The van der Waals surface area contributed by atoms with Gasteiger partial charge in [0, 0.05) is 31.9 Å². The number of hydrogen-bond donors (Lipinski definition) is 1. The van der Waals surface area contributed by atoms with Crippen LogP contribution < -0.4 is 5.32 Å². The van der Waals surface area contributed by atoms with E-state index >= 15 is 0 Å². The van der Waals surface area contributed by atoms with E-state index in [1.807, 2.05) is 6.07 Å². The van der Waals surface area contributed by atoms with E-state index in [-0.39, 0.29) is 5.91 Å². The fourth-order valence-corrected chi connectivity index (χ4v) is 3.54. The minimum Gasteiger partial charge on any atom is -0.343 e. The maximum Gasteiger partial charge on any atom is 0.270 e. The predicted octanol–water partition coefficient (Wildman–Crippen LogP) is 3.45. The molecular formula is C16H23ClN4O. The molecule has 0 bridgehead atoms. The van der Waals surface area contributed by atoms with E-state index < -0.39 is 5.62 Å². The van der Waals surface area contributed by atoms with Crippen LogP contribution in [0.25, 0.3) is 0 Å². The lowest BCUT2D eigenvalue weighted by Crippen LogP contribution is -2.27. The second-order valence-corrected chi connectivity index (χ2v) is 6.72. The van der Waals surface area contributed by atoms with Gasteiger partial charge in [-0.15, -0.1) is 0 Å². The Bertz CT molecular complexity index is 585. The summed E-state index contributed by atoms with van der Waals surface area (Å²) in [5.41, 5.74) is 1.21. The molecule has 1 aliphatic carbocycles. The highest BCUT2D eigenvalue weighted by Gasteiger charge is 2.28. The number of carbonyl (C=O) groups excluding carboxylic acids is 1. The summed E-state index contributed by atoms with van der Waals surface area (Å²) < 4.78 is 2.17. The quantitative estimate of drug-likeness (QED) is 0.515. The van der Waals surface area contributed by atoms with Crippen molar-refractivity contribution in [1.82, 2.24) is 9.47 Å². The molecule has 1 aliphatic heterocycles. The van der Waals surface area contributed by atoms with Crippen molar-refractivity contribution >= 4 is 29.5 Å². The Hall–Kier alpha value is -1.49. The van der Waals surface area contributed by atoms with Gasteiger partial charge in [0.05, 0.1) is 0 Å². The maximum absolute atomic E-state index is 12.6. The zero-order valence-corrected chi connectivity index (χ0v) is 13.9. The first-order chi connectivity index (χ1) is 10.6. The normalized spacial score (nSPS) is 21.9. The SMILES string of the molecule is CN(C)C(=O)c1cc2c(n1C1CCCCCC1)NC(Cl)N=C2. The molecule has 0 spiro atoms. The second-order valence-electron chi connectivity index (χ2n) is 6.31. The van der Waals surface area contributed by atoms with Crippen molar-refractivity contribution in [2.75, 3.05) is 19.4 Å². The summed E-state index contributed by atoms with van der Waals surface area (Å²) in [6, 6.07) is 2.29. The van der Waals surface area contributed by atoms with Crippen molar-refractivity contribution < 1.29 is 4.79 Å². The fraction of sp³-hybridized carbons (Fsp3) is 0.625. The summed E-state index contributed by atoms with van der Waals surface area (Å²) in [6.07, 6.45) is 8.98. The van der Waals surface area contributed by atoms with Crippen LogP contribution in [0, 0.1) is 0 Å². The van der Waals surface area contributed by atoms with E-state index in [0.717, 1.165) is 29.9 Å². The number of anilines is 1. The summed E-state index contributed by atoms with van der Waals surface area (Å²) >= 11 is 6.12. The summed E-state index contributed by atoms with van der Waals surface area (Å²) in [7, 11) is 3.58. The van der Waals surface area contributed by atoms with E-state index in [9.17, 15) is 4.79 Å². The fourth-order valence-electron chi connectivity index (χ4n) is 3.38. The third-order valence-corrected chi connectivity index (χ3v) is 4.70. The predicted molar refractivity (Wildman–Crippen MR) is 90.0 cm³/mol. The first kappa shape index (κ1) is 15.4. The number of alkyl halides is 1. The van der Waals surface area contributed by atoms with Crippen molar-refractivity contribution in [3.8, 4) is 0 Å². The molecule has 1 aromatic rings. The van der Waals surface area contributed by atoms with Crippen molar-refractivity contribution in [3.63, 3.8) is 0 Å². The van der Waals surface area contributed by atoms with Gasteiger partial charge in [-0.2, -0.15) is 0 Å². The molecule has 5 nitrogen and oxygen atoms in total. The van der Waals surface area contributed by atoms with Crippen molar-refractivity contribution in [3.05, 3.63) is 17.3 Å². The standard InChI is InChI=1S/C16H23ClN4O/c1-20(2)15(22)13-9-11-10-18-16(17)19-14(11)21(13)12-7-5-3-4-6-8-12/h9-10,12,16,19H,3-8H2,1-2H3. The summed E-state index contributed by atoms with van der Waals surface area (Å²) in [6.45, 7) is 0. The van der Waals surface area contributed by atoms with Crippen LogP contribution in [0.5, 0.6) is 0 Å². The monoisotopic (exact) mass is 322 g/mol. The van der Waals surface area contributed by atoms with Crippen LogP contribution in [0.15, 0.2) is 11.1 Å². The molecule has 1 atom stereocenters. The first-order valence-corrected chi connectivity index (χ1v) is 8.42. The number of carbonyl (C=O) groups is 1. The van der Waals surface area contributed by atoms with Crippen LogP contribution >= 0.6 is 11.6 Å². The van der Waals surface area contributed by atoms with Gasteiger partial charge >= 0.3 is 0 Å². The van der Waals surface area contributed by atoms with E-state index in [4.69, 9.17) is 11.6 Å². The van der Waals surface area contributed by atoms with Gasteiger partial charge in [-0.25, -0.2) is 0 Å². The van der Waals surface area contributed by atoms with Gasteiger partial charge in [0.25, 0.3) is 5.91 Å². The molecule has 1 saturated carbocycles. The summed E-state index contributed by atoms with van der Waals surface area (Å²) in [5, 5.41) is 3.22. The Kier molecular flexibility index (Phi) is 4.43. The molecular weight excluding hydrogens is 300 g/mol. The number of nitrogens with one attached hydrogen (secondary N) is 1.